The molecule has 1 fully saturated rings. The highest BCUT2D eigenvalue weighted by molar-refractivity contribution is 7.89. The van der Waals surface area contributed by atoms with Gasteiger partial charge in [0.15, 0.2) is 0 Å². The van der Waals surface area contributed by atoms with Crippen LogP contribution in [0.3, 0.4) is 0 Å². The molecule has 2 amide bonds. The molecule has 0 aromatic heterocycles. The summed E-state index contributed by atoms with van der Waals surface area (Å²) in [6, 6.07) is 7.36. The second-order valence-electron chi connectivity index (χ2n) is 6.49. The first-order chi connectivity index (χ1) is 13.7. The minimum Gasteiger partial charge on any atom is -0.495 e. The summed E-state index contributed by atoms with van der Waals surface area (Å²) in [5, 5.41) is 2.54. The number of nitrogens with two attached hydrogens (primary N) is 1. The van der Waals surface area contributed by atoms with Crippen LogP contribution in [0.15, 0.2) is 41.3 Å². The molecule has 154 valence electrons. The van der Waals surface area contributed by atoms with E-state index in [9.17, 15) is 22.4 Å². The standard InChI is InChI=1S/C19H20FN3O5S/c1-28-16-7-5-12(18(21)24)10-15(16)22-19(25)13-4-6-14(20)17(11-13)29(26,27)23-8-2-3-9-23/h4-7,10-11H,2-3,8-9H2,1H3,(H2,21,24)(H,22,25). The van der Waals surface area contributed by atoms with Gasteiger partial charge in [-0.3, -0.25) is 9.59 Å². The van der Waals surface area contributed by atoms with Crippen molar-refractivity contribution in [1.29, 1.82) is 0 Å². The number of nitrogens with one attached hydrogen (secondary N) is 1. The van der Waals surface area contributed by atoms with Gasteiger partial charge in [-0.2, -0.15) is 4.31 Å². The van der Waals surface area contributed by atoms with Gasteiger partial charge in [0.05, 0.1) is 12.8 Å². The summed E-state index contributed by atoms with van der Waals surface area (Å²) in [5.41, 5.74) is 5.51. The second kappa shape index (κ2) is 8.18. The van der Waals surface area contributed by atoms with Gasteiger partial charge < -0.3 is 15.8 Å². The smallest absolute Gasteiger partial charge is 0.255 e. The van der Waals surface area contributed by atoms with Crippen LogP contribution in [0.2, 0.25) is 0 Å². The molecule has 0 bridgehead atoms. The van der Waals surface area contributed by atoms with Crippen LogP contribution in [-0.2, 0) is 10.0 Å². The number of hydrogen-bond acceptors (Lipinski definition) is 5. The normalized spacial score (nSPS) is 14.6. The fraction of sp³-hybridized carbons (Fsp3) is 0.263. The monoisotopic (exact) mass is 421 g/mol. The van der Waals surface area contributed by atoms with E-state index in [0.717, 1.165) is 12.1 Å². The fourth-order valence-corrected chi connectivity index (χ4v) is 4.67. The van der Waals surface area contributed by atoms with Crippen LogP contribution < -0.4 is 15.8 Å². The molecule has 1 saturated heterocycles. The van der Waals surface area contributed by atoms with Crippen LogP contribution in [-0.4, -0.2) is 44.7 Å². The van der Waals surface area contributed by atoms with Crippen LogP contribution in [0.5, 0.6) is 5.75 Å². The third kappa shape index (κ3) is 4.22. The summed E-state index contributed by atoms with van der Waals surface area (Å²) >= 11 is 0. The number of anilines is 1. The topological polar surface area (TPSA) is 119 Å². The van der Waals surface area contributed by atoms with Crippen molar-refractivity contribution in [3.05, 3.63) is 53.3 Å². The Morgan fingerprint density at radius 1 is 1.10 bits per heavy atom. The van der Waals surface area contributed by atoms with E-state index in [-0.39, 0.29) is 22.6 Å². The molecular formula is C19H20FN3O5S. The number of nitrogens with zero attached hydrogens (tertiary/aromatic N) is 1. The SMILES string of the molecule is COc1ccc(C(N)=O)cc1NC(=O)c1ccc(F)c(S(=O)(=O)N2CCCC2)c1. The highest BCUT2D eigenvalue weighted by Crippen LogP contribution is 2.27. The lowest BCUT2D eigenvalue weighted by molar-refractivity contribution is 0.0996. The third-order valence-electron chi connectivity index (χ3n) is 4.61. The minimum absolute atomic E-state index is 0.0595. The summed E-state index contributed by atoms with van der Waals surface area (Å²) in [7, 11) is -2.65. The first-order valence-corrected chi connectivity index (χ1v) is 10.3. The van der Waals surface area contributed by atoms with Gasteiger partial charge in [-0.1, -0.05) is 0 Å². The number of primary amides is 1. The Kier molecular flexibility index (Phi) is 5.85. The summed E-state index contributed by atoms with van der Waals surface area (Å²) < 4.78 is 46.0. The molecule has 1 aliphatic heterocycles. The van der Waals surface area contributed by atoms with Gasteiger partial charge >= 0.3 is 0 Å². The maximum absolute atomic E-state index is 14.3. The summed E-state index contributed by atoms with van der Waals surface area (Å²) in [4.78, 5) is 23.5. The second-order valence-corrected chi connectivity index (χ2v) is 8.40. The van der Waals surface area contributed by atoms with E-state index in [1.165, 1.54) is 35.7 Å². The molecule has 3 rings (SSSR count). The largest absolute Gasteiger partial charge is 0.495 e. The maximum Gasteiger partial charge on any atom is 0.255 e. The van der Waals surface area contributed by atoms with Crippen molar-refractivity contribution >= 4 is 27.5 Å². The van der Waals surface area contributed by atoms with Gasteiger partial charge in [-0.15, -0.1) is 0 Å². The molecule has 0 saturated carbocycles. The number of ether oxygens (including phenoxy) is 1. The number of sulfonamides is 1. The zero-order valence-electron chi connectivity index (χ0n) is 15.6. The molecule has 0 atom stereocenters. The Morgan fingerprint density at radius 3 is 2.38 bits per heavy atom. The predicted octanol–water partition coefficient (Wildman–Crippen LogP) is 1.97. The van der Waals surface area contributed by atoms with Crippen molar-refractivity contribution < 1.29 is 27.1 Å². The third-order valence-corrected chi connectivity index (χ3v) is 6.52. The van der Waals surface area contributed by atoms with Gasteiger partial charge in [-0.05, 0) is 49.2 Å². The van der Waals surface area contributed by atoms with Gasteiger partial charge in [0.25, 0.3) is 5.91 Å². The number of amides is 2. The summed E-state index contributed by atoms with van der Waals surface area (Å²) in [6.07, 6.45) is 1.41. The number of carbonyl (C=O) groups excluding carboxylic acids is 2. The molecule has 0 spiro atoms. The molecular weight excluding hydrogens is 401 g/mol. The van der Waals surface area contributed by atoms with Crippen LogP contribution in [0.1, 0.15) is 33.6 Å². The molecule has 0 unspecified atom stereocenters. The van der Waals surface area contributed by atoms with Crippen molar-refractivity contribution in [1.82, 2.24) is 4.31 Å². The van der Waals surface area contributed by atoms with E-state index in [2.05, 4.69) is 5.32 Å². The van der Waals surface area contributed by atoms with Gasteiger partial charge in [0, 0.05) is 24.2 Å². The lowest BCUT2D eigenvalue weighted by Gasteiger charge is -2.17. The summed E-state index contributed by atoms with van der Waals surface area (Å²) in [5.74, 6) is -2.04. The number of benzene rings is 2. The quantitative estimate of drug-likeness (QED) is 0.739. The van der Waals surface area contributed by atoms with Gasteiger partial charge in [-0.25, -0.2) is 12.8 Å². The van der Waals surface area contributed by atoms with Crippen molar-refractivity contribution in [3.8, 4) is 5.75 Å². The van der Waals surface area contributed by atoms with E-state index < -0.39 is 32.6 Å². The van der Waals surface area contributed by atoms with Crippen molar-refractivity contribution in [2.45, 2.75) is 17.7 Å². The van der Waals surface area contributed by atoms with Crippen LogP contribution in [0.25, 0.3) is 0 Å². The molecule has 1 heterocycles. The molecule has 10 heteroatoms. The Balaban J connectivity index is 1.93. The number of methoxy groups -OCH3 is 1. The first kappa shape index (κ1) is 20.7. The minimum atomic E-state index is -4.04. The van der Waals surface area contributed by atoms with E-state index in [1.54, 1.807) is 0 Å². The van der Waals surface area contributed by atoms with E-state index in [1.807, 2.05) is 0 Å². The molecule has 2 aromatic carbocycles. The van der Waals surface area contributed by atoms with Gasteiger partial charge in [0.1, 0.15) is 16.5 Å². The van der Waals surface area contributed by atoms with Crippen molar-refractivity contribution in [2.75, 3.05) is 25.5 Å². The Morgan fingerprint density at radius 2 is 1.76 bits per heavy atom. The average molecular weight is 421 g/mol. The van der Waals surface area contributed by atoms with E-state index in [0.29, 0.717) is 25.9 Å². The predicted molar refractivity (Wildman–Crippen MR) is 104 cm³/mol. The zero-order chi connectivity index (χ0) is 21.2. The number of carbonyl (C=O) groups is 2. The molecule has 0 radical (unpaired) electrons. The Bertz CT molecular complexity index is 1070. The lowest BCUT2D eigenvalue weighted by Crippen LogP contribution is -2.29. The first-order valence-electron chi connectivity index (χ1n) is 8.83. The van der Waals surface area contributed by atoms with E-state index in [4.69, 9.17) is 10.5 Å². The molecule has 2 aromatic rings. The molecule has 3 N–H and O–H groups in total. The van der Waals surface area contributed by atoms with Crippen molar-refractivity contribution in [3.63, 3.8) is 0 Å². The average Bonchev–Trinajstić information content (AvgIpc) is 3.23. The number of halogens is 1. The van der Waals surface area contributed by atoms with Crippen molar-refractivity contribution in [2.24, 2.45) is 5.73 Å². The number of hydrogen-bond donors (Lipinski definition) is 2. The molecule has 0 aliphatic carbocycles. The highest BCUT2D eigenvalue weighted by atomic mass is 32.2. The summed E-state index contributed by atoms with van der Waals surface area (Å²) in [6.45, 7) is 0.630. The lowest BCUT2D eigenvalue weighted by atomic mass is 10.1. The van der Waals surface area contributed by atoms with Crippen LogP contribution in [0, 0.1) is 5.82 Å². The van der Waals surface area contributed by atoms with E-state index >= 15 is 0 Å². The highest BCUT2D eigenvalue weighted by Gasteiger charge is 2.30. The molecule has 1 aliphatic rings. The molecule has 8 nitrogen and oxygen atoms in total. The maximum atomic E-state index is 14.3. The number of rotatable bonds is 6. The van der Waals surface area contributed by atoms with Crippen LogP contribution in [0.4, 0.5) is 10.1 Å². The van der Waals surface area contributed by atoms with Gasteiger partial charge in [0.2, 0.25) is 15.9 Å². The fourth-order valence-electron chi connectivity index (χ4n) is 3.06. The zero-order valence-corrected chi connectivity index (χ0v) is 16.5. The molecule has 29 heavy (non-hydrogen) atoms. The van der Waals surface area contributed by atoms with Crippen LogP contribution >= 0.6 is 0 Å². The Hall–Kier alpha value is -2.98. The Labute approximate surface area is 167 Å².